The van der Waals surface area contributed by atoms with Crippen LogP contribution >= 0.6 is 0 Å². The van der Waals surface area contributed by atoms with Gasteiger partial charge in [0.2, 0.25) is 0 Å². The van der Waals surface area contributed by atoms with Crippen LogP contribution in [-0.4, -0.2) is 18.9 Å². The molecule has 0 aliphatic heterocycles. The molecule has 0 heterocycles. The molecule has 1 fully saturated rings. The second-order valence-corrected chi connectivity index (χ2v) is 6.56. The molecule has 0 amide bonds. The van der Waals surface area contributed by atoms with E-state index in [1.165, 1.54) is 7.11 Å². The number of ketones is 1. The van der Waals surface area contributed by atoms with Crippen LogP contribution in [0, 0.1) is 23.2 Å². The molecule has 1 unspecified atom stereocenters. The summed E-state index contributed by atoms with van der Waals surface area (Å²) in [6, 6.07) is 0. The Morgan fingerprint density at radius 2 is 1.61 bits per heavy atom. The number of methoxy groups -OCH3 is 1. The standard InChI is InChI=1S/C15H26O3/c1-10(14(17)18-5)13(16)11-6-8-12(9-7-11)15(2,3)4/h10-12H,6-9H2,1-5H3. The minimum atomic E-state index is -0.605. The third-order valence-corrected chi connectivity index (χ3v) is 4.34. The molecule has 0 aromatic heterocycles. The van der Waals surface area contributed by atoms with Gasteiger partial charge in [0.25, 0.3) is 0 Å². The van der Waals surface area contributed by atoms with Gasteiger partial charge in [0.05, 0.1) is 7.11 Å². The highest BCUT2D eigenvalue weighted by Gasteiger charge is 2.35. The third-order valence-electron chi connectivity index (χ3n) is 4.34. The summed E-state index contributed by atoms with van der Waals surface area (Å²) < 4.78 is 4.64. The van der Waals surface area contributed by atoms with Crippen LogP contribution in [0.1, 0.15) is 53.4 Å². The summed E-state index contributed by atoms with van der Waals surface area (Å²) in [6.07, 6.45) is 4.02. The number of esters is 1. The molecule has 104 valence electrons. The van der Waals surface area contributed by atoms with E-state index < -0.39 is 11.9 Å². The lowest BCUT2D eigenvalue weighted by Gasteiger charge is -2.36. The minimum Gasteiger partial charge on any atom is -0.468 e. The van der Waals surface area contributed by atoms with Gasteiger partial charge in [0.1, 0.15) is 11.7 Å². The Morgan fingerprint density at radius 3 is 2.00 bits per heavy atom. The summed E-state index contributed by atoms with van der Waals surface area (Å²) in [4.78, 5) is 23.5. The number of rotatable bonds is 3. The molecule has 1 saturated carbocycles. The first kappa shape index (κ1) is 15.2. The maximum absolute atomic E-state index is 12.2. The van der Waals surface area contributed by atoms with Crippen LogP contribution in [0.2, 0.25) is 0 Å². The molecule has 18 heavy (non-hydrogen) atoms. The third kappa shape index (κ3) is 3.56. The maximum atomic E-state index is 12.2. The van der Waals surface area contributed by atoms with Gasteiger partial charge in [-0.2, -0.15) is 0 Å². The molecule has 3 nitrogen and oxygen atoms in total. The number of Topliss-reactive ketones (excluding diaryl/α,β-unsaturated/α-hetero) is 1. The first-order valence-electron chi connectivity index (χ1n) is 6.89. The van der Waals surface area contributed by atoms with Gasteiger partial charge in [-0.3, -0.25) is 9.59 Å². The van der Waals surface area contributed by atoms with Crippen molar-refractivity contribution in [3.8, 4) is 0 Å². The number of hydrogen-bond acceptors (Lipinski definition) is 3. The SMILES string of the molecule is COC(=O)C(C)C(=O)C1CCC(C(C)(C)C)CC1. The van der Waals surface area contributed by atoms with Crippen LogP contribution in [-0.2, 0) is 14.3 Å². The monoisotopic (exact) mass is 254 g/mol. The Labute approximate surface area is 110 Å². The predicted octanol–water partition coefficient (Wildman–Crippen LogP) is 3.22. The van der Waals surface area contributed by atoms with Crippen molar-refractivity contribution in [1.29, 1.82) is 0 Å². The fourth-order valence-electron chi connectivity index (χ4n) is 2.89. The highest BCUT2D eigenvalue weighted by Crippen LogP contribution is 2.40. The summed E-state index contributed by atoms with van der Waals surface area (Å²) in [5, 5.41) is 0. The lowest BCUT2D eigenvalue weighted by molar-refractivity contribution is -0.150. The zero-order valence-corrected chi connectivity index (χ0v) is 12.3. The van der Waals surface area contributed by atoms with Gasteiger partial charge >= 0.3 is 5.97 Å². The van der Waals surface area contributed by atoms with E-state index in [1.54, 1.807) is 6.92 Å². The van der Waals surface area contributed by atoms with Crippen LogP contribution in [0.4, 0.5) is 0 Å². The largest absolute Gasteiger partial charge is 0.468 e. The van der Waals surface area contributed by atoms with Crippen LogP contribution in [0.5, 0.6) is 0 Å². The van der Waals surface area contributed by atoms with Gasteiger partial charge in [-0.25, -0.2) is 0 Å². The topological polar surface area (TPSA) is 43.4 Å². The van der Waals surface area contributed by atoms with Crippen molar-refractivity contribution in [1.82, 2.24) is 0 Å². The zero-order valence-electron chi connectivity index (χ0n) is 12.3. The second-order valence-electron chi connectivity index (χ2n) is 6.56. The summed E-state index contributed by atoms with van der Waals surface area (Å²) in [6.45, 7) is 8.44. The van der Waals surface area contributed by atoms with Crippen molar-refractivity contribution >= 4 is 11.8 Å². The smallest absolute Gasteiger partial charge is 0.315 e. The Bertz CT molecular complexity index is 306. The van der Waals surface area contributed by atoms with Crippen LogP contribution in [0.25, 0.3) is 0 Å². The first-order valence-corrected chi connectivity index (χ1v) is 6.89. The average Bonchev–Trinajstić information content (AvgIpc) is 2.35. The van der Waals surface area contributed by atoms with E-state index in [-0.39, 0.29) is 11.7 Å². The lowest BCUT2D eigenvalue weighted by Crippen LogP contribution is -2.33. The molecule has 0 saturated heterocycles. The highest BCUT2D eigenvalue weighted by atomic mass is 16.5. The molecule has 0 aromatic rings. The predicted molar refractivity (Wildman–Crippen MR) is 71.1 cm³/mol. The maximum Gasteiger partial charge on any atom is 0.315 e. The fraction of sp³-hybridized carbons (Fsp3) is 0.867. The van der Waals surface area contributed by atoms with Crippen molar-refractivity contribution in [2.45, 2.75) is 53.4 Å². The van der Waals surface area contributed by atoms with E-state index in [0.29, 0.717) is 11.3 Å². The van der Waals surface area contributed by atoms with Crippen molar-refractivity contribution in [2.24, 2.45) is 23.2 Å². The van der Waals surface area contributed by atoms with E-state index in [2.05, 4.69) is 25.5 Å². The van der Waals surface area contributed by atoms with Crippen molar-refractivity contribution < 1.29 is 14.3 Å². The Kier molecular flexibility index (Phi) is 4.94. The molecule has 1 aliphatic rings. The van der Waals surface area contributed by atoms with Gasteiger partial charge in [0.15, 0.2) is 0 Å². The van der Waals surface area contributed by atoms with E-state index in [1.807, 2.05) is 0 Å². The van der Waals surface area contributed by atoms with Crippen LogP contribution < -0.4 is 0 Å². The summed E-state index contributed by atoms with van der Waals surface area (Å²) in [5.74, 6) is -0.203. The molecule has 0 spiro atoms. The first-order chi connectivity index (χ1) is 8.27. The van der Waals surface area contributed by atoms with Gasteiger partial charge in [-0.05, 0) is 43.9 Å². The Balaban J connectivity index is 2.53. The van der Waals surface area contributed by atoms with Gasteiger partial charge < -0.3 is 4.74 Å². The zero-order chi connectivity index (χ0) is 13.9. The quantitative estimate of drug-likeness (QED) is 0.573. The summed E-state index contributed by atoms with van der Waals surface area (Å²) >= 11 is 0. The highest BCUT2D eigenvalue weighted by molar-refractivity contribution is 5.99. The molecule has 0 bridgehead atoms. The number of carbonyl (C=O) groups is 2. The summed E-state index contributed by atoms with van der Waals surface area (Å²) in [5.41, 5.74) is 0.321. The minimum absolute atomic E-state index is 0.0534. The van der Waals surface area contributed by atoms with Crippen molar-refractivity contribution in [3.63, 3.8) is 0 Å². The average molecular weight is 254 g/mol. The van der Waals surface area contributed by atoms with E-state index in [0.717, 1.165) is 25.7 Å². The van der Waals surface area contributed by atoms with Crippen molar-refractivity contribution in [3.05, 3.63) is 0 Å². The Morgan fingerprint density at radius 1 is 1.11 bits per heavy atom. The van der Waals surface area contributed by atoms with E-state index >= 15 is 0 Å². The molecule has 1 rings (SSSR count). The molecule has 1 atom stereocenters. The van der Waals surface area contributed by atoms with E-state index in [4.69, 9.17) is 0 Å². The number of hydrogen-bond donors (Lipinski definition) is 0. The molecular weight excluding hydrogens is 228 g/mol. The van der Waals surface area contributed by atoms with Gasteiger partial charge in [-0.1, -0.05) is 20.8 Å². The number of carbonyl (C=O) groups excluding carboxylic acids is 2. The van der Waals surface area contributed by atoms with Gasteiger partial charge in [0, 0.05) is 5.92 Å². The lowest BCUT2D eigenvalue weighted by atomic mass is 9.68. The van der Waals surface area contributed by atoms with Crippen molar-refractivity contribution in [2.75, 3.05) is 7.11 Å². The van der Waals surface area contributed by atoms with Gasteiger partial charge in [-0.15, -0.1) is 0 Å². The fourth-order valence-corrected chi connectivity index (χ4v) is 2.89. The normalized spacial score (nSPS) is 26.5. The van der Waals surface area contributed by atoms with Crippen LogP contribution in [0.3, 0.4) is 0 Å². The molecule has 0 radical (unpaired) electrons. The van der Waals surface area contributed by atoms with E-state index in [9.17, 15) is 9.59 Å². The Hall–Kier alpha value is -0.860. The molecule has 0 N–H and O–H groups in total. The summed E-state index contributed by atoms with van der Waals surface area (Å²) in [7, 11) is 1.34. The second kappa shape index (κ2) is 5.85. The molecule has 1 aliphatic carbocycles. The molecule has 3 heteroatoms. The molecule has 0 aromatic carbocycles. The molecular formula is C15H26O3. The van der Waals surface area contributed by atoms with Crippen LogP contribution in [0.15, 0.2) is 0 Å². The number of ether oxygens (including phenoxy) is 1.